The van der Waals surface area contributed by atoms with E-state index in [9.17, 15) is 34.5 Å². The van der Waals surface area contributed by atoms with Crippen LogP contribution in [0.5, 0.6) is 0 Å². The molecule has 134 valence electrons. The van der Waals surface area contributed by atoms with Crippen molar-refractivity contribution in [1.82, 2.24) is 0 Å². The van der Waals surface area contributed by atoms with E-state index in [1.807, 2.05) is 0 Å². The molecule has 2 aliphatic rings. The predicted octanol–water partition coefficient (Wildman–Crippen LogP) is -1.58. The molecule has 0 saturated heterocycles. The molecule has 4 N–H and O–H groups in total. The molecule has 0 aromatic rings. The number of aliphatic carboxylic acids is 1. The van der Waals surface area contributed by atoms with Crippen LogP contribution in [0.15, 0.2) is 36.0 Å². The summed E-state index contributed by atoms with van der Waals surface area (Å²) in [6.07, 6.45) is -0.260. The zero-order valence-electron chi connectivity index (χ0n) is 12.9. The molecule has 0 bridgehead atoms. The zero-order valence-corrected chi connectivity index (χ0v) is 12.9. The van der Waals surface area contributed by atoms with Gasteiger partial charge in [0.05, 0.1) is 6.10 Å². The molecular weight excluding hydrogens is 336 g/mol. The first-order valence-electron chi connectivity index (χ1n) is 7.31. The van der Waals surface area contributed by atoms with E-state index >= 15 is 0 Å². The molecule has 0 aromatic heterocycles. The molecule has 4 atom stereocenters. The van der Waals surface area contributed by atoms with Crippen LogP contribution in [0.4, 0.5) is 0 Å². The molecular formula is C16H16O9. The van der Waals surface area contributed by atoms with Crippen molar-refractivity contribution in [2.24, 2.45) is 0 Å². The molecule has 0 aromatic carbocycles. The minimum atomic E-state index is -2.32. The maximum atomic E-state index is 11.8. The van der Waals surface area contributed by atoms with Crippen molar-refractivity contribution in [1.29, 1.82) is 0 Å². The summed E-state index contributed by atoms with van der Waals surface area (Å²) >= 11 is 0. The van der Waals surface area contributed by atoms with Crippen LogP contribution in [-0.2, 0) is 23.9 Å². The smallest absolute Gasteiger partial charge is 0.335 e. The summed E-state index contributed by atoms with van der Waals surface area (Å²) in [7, 11) is 0. The lowest BCUT2D eigenvalue weighted by atomic mass is 9.79. The van der Waals surface area contributed by atoms with Crippen molar-refractivity contribution >= 4 is 23.5 Å². The van der Waals surface area contributed by atoms with Crippen LogP contribution in [-0.4, -0.2) is 67.8 Å². The third kappa shape index (κ3) is 4.27. The quantitative estimate of drug-likeness (QED) is 0.203. The highest BCUT2D eigenvalue weighted by Crippen LogP contribution is 2.31. The van der Waals surface area contributed by atoms with E-state index in [4.69, 9.17) is 9.84 Å². The summed E-state index contributed by atoms with van der Waals surface area (Å²) in [5, 5.41) is 38.4. The molecule has 1 saturated carbocycles. The number of ether oxygens (including phenoxy) is 1. The highest BCUT2D eigenvalue weighted by Gasteiger charge is 2.50. The molecule has 9 heteroatoms. The fraction of sp³-hybridized carbons (Fsp3) is 0.375. The van der Waals surface area contributed by atoms with E-state index in [2.05, 4.69) is 0 Å². The van der Waals surface area contributed by atoms with Crippen LogP contribution in [0.25, 0.3) is 0 Å². The van der Waals surface area contributed by atoms with Gasteiger partial charge in [-0.3, -0.25) is 9.59 Å². The highest BCUT2D eigenvalue weighted by molar-refractivity contribution is 6.46. The van der Waals surface area contributed by atoms with Gasteiger partial charge in [0.2, 0.25) is 11.6 Å². The summed E-state index contributed by atoms with van der Waals surface area (Å²) in [5.74, 6) is -4.01. The van der Waals surface area contributed by atoms with Gasteiger partial charge in [-0.15, -0.1) is 0 Å². The molecule has 0 unspecified atom stereocenters. The number of aliphatic hydroxyl groups is 3. The van der Waals surface area contributed by atoms with Crippen LogP contribution < -0.4 is 0 Å². The number of rotatable bonds is 4. The first-order valence-corrected chi connectivity index (χ1v) is 7.31. The third-order valence-corrected chi connectivity index (χ3v) is 3.91. The number of carbonyl (C=O) groups excluding carboxylic acids is 3. The summed E-state index contributed by atoms with van der Waals surface area (Å²) in [6, 6.07) is 0. The Hall–Kier alpha value is -2.62. The summed E-state index contributed by atoms with van der Waals surface area (Å²) < 4.78 is 4.90. The van der Waals surface area contributed by atoms with Crippen molar-refractivity contribution in [3.05, 3.63) is 36.0 Å². The average molecular weight is 352 g/mol. The van der Waals surface area contributed by atoms with E-state index in [-0.39, 0.29) is 5.57 Å². The van der Waals surface area contributed by atoms with E-state index in [0.717, 1.165) is 18.2 Å². The Morgan fingerprint density at radius 2 is 1.84 bits per heavy atom. The molecule has 0 amide bonds. The van der Waals surface area contributed by atoms with Crippen LogP contribution in [0, 0.1) is 0 Å². The van der Waals surface area contributed by atoms with Gasteiger partial charge in [-0.1, -0.05) is 6.08 Å². The second-order valence-corrected chi connectivity index (χ2v) is 5.82. The molecule has 0 spiro atoms. The Bertz CT molecular complexity index is 702. The summed E-state index contributed by atoms with van der Waals surface area (Å²) in [4.78, 5) is 45.1. The van der Waals surface area contributed by atoms with E-state index in [0.29, 0.717) is 0 Å². The monoisotopic (exact) mass is 352 g/mol. The Morgan fingerprint density at radius 1 is 1.16 bits per heavy atom. The van der Waals surface area contributed by atoms with Gasteiger partial charge in [-0.05, 0) is 23.8 Å². The molecule has 0 aliphatic heterocycles. The number of hydrogen-bond acceptors (Lipinski definition) is 8. The molecule has 2 rings (SSSR count). The fourth-order valence-corrected chi connectivity index (χ4v) is 2.52. The van der Waals surface area contributed by atoms with Crippen molar-refractivity contribution in [2.45, 2.75) is 36.8 Å². The SMILES string of the molecule is O=C(/C=C/C1=CC(=O)C(=O)C=C1)O[C@@H]1C[C@](O)(C(=O)O)C[C@H](O)[C@H]1O. The van der Waals surface area contributed by atoms with Gasteiger partial charge in [-0.2, -0.15) is 0 Å². The predicted molar refractivity (Wildman–Crippen MR) is 80.1 cm³/mol. The molecule has 9 nitrogen and oxygen atoms in total. The maximum Gasteiger partial charge on any atom is 0.335 e. The normalized spacial score (nSPS) is 32.6. The number of carbonyl (C=O) groups is 4. The lowest BCUT2D eigenvalue weighted by molar-refractivity contribution is -0.196. The molecule has 0 heterocycles. The van der Waals surface area contributed by atoms with Crippen LogP contribution in [0.3, 0.4) is 0 Å². The van der Waals surface area contributed by atoms with Crippen molar-refractivity contribution in [3.8, 4) is 0 Å². The number of allylic oxidation sites excluding steroid dienone is 5. The Morgan fingerprint density at radius 3 is 2.44 bits per heavy atom. The third-order valence-electron chi connectivity index (χ3n) is 3.91. The largest absolute Gasteiger partial charge is 0.479 e. The van der Waals surface area contributed by atoms with Gasteiger partial charge in [0, 0.05) is 18.9 Å². The maximum absolute atomic E-state index is 11.8. The van der Waals surface area contributed by atoms with Crippen LogP contribution >= 0.6 is 0 Å². The Labute approximate surface area is 141 Å². The van der Waals surface area contributed by atoms with Gasteiger partial charge in [0.1, 0.15) is 12.2 Å². The van der Waals surface area contributed by atoms with Gasteiger partial charge < -0.3 is 25.2 Å². The number of hydrogen-bond donors (Lipinski definition) is 4. The number of esters is 1. The molecule has 25 heavy (non-hydrogen) atoms. The van der Waals surface area contributed by atoms with Crippen molar-refractivity contribution in [3.63, 3.8) is 0 Å². The number of carboxylic acids is 1. The van der Waals surface area contributed by atoms with Gasteiger partial charge in [0.25, 0.3) is 0 Å². The lowest BCUT2D eigenvalue weighted by Crippen LogP contribution is -2.57. The number of aliphatic hydroxyl groups excluding tert-OH is 2. The fourth-order valence-electron chi connectivity index (χ4n) is 2.52. The van der Waals surface area contributed by atoms with Crippen LogP contribution in [0.1, 0.15) is 12.8 Å². The highest BCUT2D eigenvalue weighted by atomic mass is 16.6. The van der Waals surface area contributed by atoms with Crippen LogP contribution in [0.2, 0.25) is 0 Å². The van der Waals surface area contributed by atoms with Crippen molar-refractivity contribution < 1.29 is 44.3 Å². The van der Waals surface area contributed by atoms with Crippen molar-refractivity contribution in [2.75, 3.05) is 0 Å². The standard InChI is InChI=1S/C16H16O9/c17-9-3-1-8(5-10(9)18)2-4-13(20)25-12-7-16(24,15(22)23)6-11(19)14(12)21/h1-5,11-12,14,19,21,24H,6-7H2,(H,22,23)/b4-2+/t11-,12+,14+,16-/m0/s1. The summed E-state index contributed by atoms with van der Waals surface area (Å²) in [6.45, 7) is 0. The average Bonchev–Trinajstić information content (AvgIpc) is 2.53. The second kappa shape index (κ2) is 7.09. The minimum absolute atomic E-state index is 0.271. The van der Waals surface area contributed by atoms with E-state index in [1.165, 1.54) is 12.2 Å². The first kappa shape index (κ1) is 18.7. The Kier molecular flexibility index (Phi) is 5.31. The lowest BCUT2D eigenvalue weighted by Gasteiger charge is -2.39. The van der Waals surface area contributed by atoms with Gasteiger partial charge in [-0.25, -0.2) is 9.59 Å². The van der Waals surface area contributed by atoms with E-state index < -0.39 is 60.3 Å². The molecule has 2 aliphatic carbocycles. The van der Waals surface area contributed by atoms with E-state index in [1.54, 1.807) is 0 Å². The first-order chi connectivity index (χ1) is 11.6. The molecule has 1 fully saturated rings. The zero-order chi connectivity index (χ0) is 18.8. The van der Waals surface area contributed by atoms with Gasteiger partial charge in [0.15, 0.2) is 5.60 Å². The Balaban J connectivity index is 2.04. The number of carboxylic acid groups (broad SMARTS) is 1. The summed E-state index contributed by atoms with van der Waals surface area (Å²) in [5.41, 5.74) is -2.05. The molecule has 0 radical (unpaired) electrons. The topological polar surface area (TPSA) is 158 Å². The van der Waals surface area contributed by atoms with Gasteiger partial charge >= 0.3 is 11.9 Å². The minimum Gasteiger partial charge on any atom is -0.479 e. The number of ketones is 2. The second-order valence-electron chi connectivity index (χ2n) is 5.82.